The van der Waals surface area contributed by atoms with Crippen LogP contribution in [0.25, 0.3) is 6.08 Å². The zero-order chi connectivity index (χ0) is 25.7. The molecule has 2 atom stereocenters. The maximum Gasteiger partial charge on any atom is 0.270 e. The van der Waals surface area contributed by atoms with Crippen LogP contribution in [-0.2, 0) is 11.8 Å². The largest absolute Gasteiger partial charge is 0.357 e. The minimum Gasteiger partial charge on any atom is -0.357 e. The summed E-state index contributed by atoms with van der Waals surface area (Å²) < 4.78 is 2.17. The van der Waals surface area contributed by atoms with Crippen molar-refractivity contribution in [3.8, 4) is 6.07 Å². The van der Waals surface area contributed by atoms with E-state index < -0.39 is 0 Å². The highest BCUT2D eigenvalue weighted by Gasteiger charge is 2.33. The summed E-state index contributed by atoms with van der Waals surface area (Å²) in [5, 5.41) is 9.71. The summed E-state index contributed by atoms with van der Waals surface area (Å²) in [6.07, 6.45) is 9.93. The van der Waals surface area contributed by atoms with E-state index in [1.165, 1.54) is 37.4 Å². The highest BCUT2D eigenvalue weighted by atomic mass is 32.2. The Morgan fingerprint density at radius 1 is 1.11 bits per heavy atom. The predicted molar refractivity (Wildman–Crippen MR) is 150 cm³/mol. The molecule has 3 heterocycles. The number of carbonyl (C=O) groups is 1. The van der Waals surface area contributed by atoms with Crippen molar-refractivity contribution < 1.29 is 4.79 Å². The SMILES string of the molecule is CCCCCCCCN1C(=O)/C(=C\c2c(C)c(C#N)c(=O)n(C)c2N2CC(C)CC(C)C2)SC1=S. The lowest BCUT2D eigenvalue weighted by molar-refractivity contribution is -0.122. The van der Waals surface area contributed by atoms with Crippen LogP contribution in [0.3, 0.4) is 0 Å². The van der Waals surface area contributed by atoms with Crippen LogP contribution in [0.1, 0.15) is 82.4 Å². The summed E-state index contributed by atoms with van der Waals surface area (Å²) in [5.74, 6) is 1.69. The van der Waals surface area contributed by atoms with Gasteiger partial charge in [-0.1, -0.05) is 76.9 Å². The number of nitriles is 1. The van der Waals surface area contributed by atoms with Gasteiger partial charge < -0.3 is 4.90 Å². The lowest BCUT2D eigenvalue weighted by Gasteiger charge is -2.38. The first-order chi connectivity index (χ1) is 16.7. The summed E-state index contributed by atoms with van der Waals surface area (Å²) in [4.78, 5) is 30.8. The highest BCUT2D eigenvalue weighted by molar-refractivity contribution is 8.26. The number of thioether (sulfide) groups is 1. The lowest BCUT2D eigenvalue weighted by Crippen LogP contribution is -2.42. The molecule has 1 aromatic heterocycles. The zero-order valence-corrected chi connectivity index (χ0v) is 23.4. The number of pyridine rings is 1. The van der Waals surface area contributed by atoms with Crippen LogP contribution < -0.4 is 10.5 Å². The molecular weight excluding hydrogens is 476 g/mol. The van der Waals surface area contributed by atoms with Gasteiger partial charge in [-0.05, 0) is 43.2 Å². The Balaban J connectivity index is 1.94. The Kier molecular flexibility index (Phi) is 9.60. The average molecular weight is 515 g/mol. The monoisotopic (exact) mass is 514 g/mol. The number of thiocarbonyl (C=S) groups is 1. The predicted octanol–water partition coefficient (Wildman–Crippen LogP) is 5.61. The number of anilines is 1. The van der Waals surface area contributed by atoms with Gasteiger partial charge in [0.05, 0.1) is 4.91 Å². The standard InChI is InChI=1S/C27H38N4O2S2/c1-6-7-8-9-10-11-12-31-26(33)23(35-27(31)34)14-21-20(4)22(15-28)25(32)29(5)24(21)30-16-18(2)13-19(3)17-30/h14,18-19H,6-13,16-17H2,1-5H3/b23-14+. The first-order valence-corrected chi connectivity index (χ1v) is 14.1. The van der Waals surface area contributed by atoms with Gasteiger partial charge in [0.25, 0.3) is 11.5 Å². The molecule has 35 heavy (non-hydrogen) atoms. The second-order valence-electron chi connectivity index (χ2n) is 10.2. The number of unbranched alkanes of at least 4 members (excludes halogenated alkanes) is 5. The molecule has 0 bridgehead atoms. The summed E-state index contributed by atoms with van der Waals surface area (Å²) in [7, 11) is 1.73. The summed E-state index contributed by atoms with van der Waals surface area (Å²) in [5.41, 5.74) is 1.23. The Labute approximate surface area is 219 Å². The van der Waals surface area contributed by atoms with Crippen molar-refractivity contribution in [3.05, 3.63) is 31.9 Å². The number of aromatic nitrogens is 1. The van der Waals surface area contributed by atoms with Gasteiger partial charge in [-0.2, -0.15) is 5.26 Å². The summed E-state index contributed by atoms with van der Waals surface area (Å²) >= 11 is 6.87. The number of amides is 1. The maximum absolute atomic E-state index is 13.3. The first kappa shape index (κ1) is 27.5. The molecule has 8 heteroatoms. The molecule has 2 aliphatic heterocycles. The average Bonchev–Trinajstić information content (AvgIpc) is 3.06. The molecule has 2 unspecified atom stereocenters. The number of nitrogens with zero attached hydrogens (tertiary/aromatic N) is 4. The van der Waals surface area contributed by atoms with E-state index in [9.17, 15) is 14.9 Å². The molecule has 0 radical (unpaired) electrons. The molecule has 0 saturated carbocycles. The van der Waals surface area contributed by atoms with Gasteiger partial charge in [0.15, 0.2) is 0 Å². The fourth-order valence-corrected chi connectivity index (χ4v) is 6.59. The van der Waals surface area contributed by atoms with Gasteiger partial charge >= 0.3 is 0 Å². The lowest BCUT2D eigenvalue weighted by atomic mass is 9.91. The van der Waals surface area contributed by atoms with Crippen molar-refractivity contribution in [1.29, 1.82) is 5.26 Å². The number of rotatable bonds is 9. The molecule has 0 N–H and O–H groups in total. The van der Waals surface area contributed by atoms with Crippen molar-refractivity contribution in [2.24, 2.45) is 18.9 Å². The Morgan fingerprint density at radius 2 is 1.74 bits per heavy atom. The van der Waals surface area contributed by atoms with Crippen LogP contribution in [0, 0.1) is 30.1 Å². The van der Waals surface area contributed by atoms with Gasteiger partial charge in [-0.25, -0.2) is 0 Å². The molecule has 2 fully saturated rings. The zero-order valence-electron chi connectivity index (χ0n) is 21.7. The van der Waals surface area contributed by atoms with Gasteiger partial charge in [-0.15, -0.1) is 0 Å². The number of hydrogen-bond donors (Lipinski definition) is 0. The van der Waals surface area contributed by atoms with Crippen LogP contribution in [0.15, 0.2) is 9.70 Å². The summed E-state index contributed by atoms with van der Waals surface area (Å²) in [6, 6.07) is 2.09. The van der Waals surface area contributed by atoms with E-state index in [2.05, 4.69) is 31.7 Å². The third-order valence-electron chi connectivity index (χ3n) is 7.02. The van der Waals surface area contributed by atoms with E-state index in [-0.39, 0.29) is 17.0 Å². The van der Waals surface area contributed by atoms with Crippen LogP contribution >= 0.6 is 24.0 Å². The Hall–Kier alpha value is -2.11. The van der Waals surface area contributed by atoms with E-state index in [1.807, 2.05) is 13.0 Å². The van der Waals surface area contributed by atoms with E-state index in [0.717, 1.165) is 43.7 Å². The molecule has 190 valence electrons. The van der Waals surface area contributed by atoms with Crippen molar-refractivity contribution >= 4 is 46.1 Å². The van der Waals surface area contributed by atoms with Crippen molar-refractivity contribution in [3.63, 3.8) is 0 Å². The number of hydrogen-bond acceptors (Lipinski definition) is 6. The van der Waals surface area contributed by atoms with Crippen molar-refractivity contribution in [2.45, 2.75) is 72.6 Å². The van der Waals surface area contributed by atoms with E-state index in [4.69, 9.17) is 12.2 Å². The van der Waals surface area contributed by atoms with Gasteiger partial charge in [0, 0.05) is 32.2 Å². The molecule has 6 nitrogen and oxygen atoms in total. The third kappa shape index (κ3) is 6.18. The molecule has 1 amide bonds. The molecule has 0 spiro atoms. The molecule has 0 aliphatic carbocycles. The third-order valence-corrected chi connectivity index (χ3v) is 8.40. The highest BCUT2D eigenvalue weighted by Crippen LogP contribution is 2.37. The van der Waals surface area contributed by atoms with E-state index in [1.54, 1.807) is 16.5 Å². The second kappa shape index (κ2) is 12.2. The van der Waals surface area contributed by atoms with E-state index in [0.29, 0.717) is 33.2 Å². The molecule has 3 rings (SSSR count). The fraction of sp³-hybridized carbons (Fsp3) is 0.630. The normalized spacial score (nSPS) is 21.8. The Morgan fingerprint density at radius 3 is 2.37 bits per heavy atom. The minimum absolute atomic E-state index is 0.0772. The smallest absolute Gasteiger partial charge is 0.270 e. The minimum atomic E-state index is -0.293. The molecule has 1 aromatic rings. The molecule has 0 aromatic carbocycles. The van der Waals surface area contributed by atoms with Gasteiger partial charge in [0.1, 0.15) is 21.8 Å². The van der Waals surface area contributed by atoms with Crippen LogP contribution in [0.4, 0.5) is 5.82 Å². The first-order valence-electron chi connectivity index (χ1n) is 12.8. The van der Waals surface area contributed by atoms with Crippen molar-refractivity contribution in [1.82, 2.24) is 9.47 Å². The van der Waals surface area contributed by atoms with Crippen LogP contribution in [0.5, 0.6) is 0 Å². The topological polar surface area (TPSA) is 69.3 Å². The number of carbonyl (C=O) groups excluding carboxylic acids is 1. The maximum atomic E-state index is 13.3. The quantitative estimate of drug-likeness (QED) is 0.242. The summed E-state index contributed by atoms with van der Waals surface area (Å²) in [6.45, 7) is 10.8. The van der Waals surface area contributed by atoms with Crippen LogP contribution in [0.2, 0.25) is 0 Å². The molecular formula is C27H38N4O2S2. The van der Waals surface area contributed by atoms with Gasteiger partial charge in [0.2, 0.25) is 0 Å². The fourth-order valence-electron chi connectivity index (χ4n) is 5.30. The second-order valence-corrected chi connectivity index (χ2v) is 11.8. The van der Waals surface area contributed by atoms with E-state index >= 15 is 0 Å². The van der Waals surface area contributed by atoms with Crippen LogP contribution in [-0.4, -0.2) is 39.3 Å². The van der Waals surface area contributed by atoms with Gasteiger partial charge in [-0.3, -0.25) is 19.1 Å². The van der Waals surface area contributed by atoms with Crippen molar-refractivity contribution in [2.75, 3.05) is 24.5 Å². The Bertz CT molecular complexity index is 1090. The number of piperidine rings is 1. The molecule has 2 aliphatic rings. The molecule has 2 saturated heterocycles.